The molecule has 2 fully saturated rings. The third kappa shape index (κ3) is 4.34. The summed E-state index contributed by atoms with van der Waals surface area (Å²) in [4.78, 5) is 22.3. The summed E-state index contributed by atoms with van der Waals surface area (Å²) in [6, 6.07) is 2.97. The van der Waals surface area contributed by atoms with Crippen molar-refractivity contribution in [2.45, 2.75) is 36.2 Å². The fraction of sp³-hybridized carbons (Fsp3) is 0.389. The quantitative estimate of drug-likeness (QED) is 0.716. The number of carbonyl (C=O) groups excluding carboxylic acids is 1. The lowest BCUT2D eigenvalue weighted by Crippen LogP contribution is -2.34. The molecule has 2 unspecified atom stereocenters. The zero-order chi connectivity index (χ0) is 22.4. The highest BCUT2D eigenvalue weighted by Crippen LogP contribution is 2.37. The molecule has 0 saturated carbocycles. The Morgan fingerprint density at radius 3 is 2.74 bits per heavy atom. The molecule has 0 spiro atoms. The fourth-order valence-corrected chi connectivity index (χ4v) is 4.31. The van der Waals surface area contributed by atoms with Gasteiger partial charge in [0.05, 0.1) is 23.3 Å². The number of hydrogen-bond donors (Lipinski definition) is 2. The molecular formula is C18H18F3N5O4S. The lowest BCUT2D eigenvalue weighted by atomic mass is 10.1. The van der Waals surface area contributed by atoms with Crippen molar-refractivity contribution in [3.63, 3.8) is 0 Å². The maximum absolute atomic E-state index is 13.3. The summed E-state index contributed by atoms with van der Waals surface area (Å²) in [6.45, 7) is 1.01. The molecule has 2 saturated heterocycles. The number of primary sulfonamides is 1. The maximum Gasteiger partial charge on any atom is 0.417 e. The van der Waals surface area contributed by atoms with E-state index in [4.69, 9.17) is 9.88 Å². The summed E-state index contributed by atoms with van der Waals surface area (Å²) in [5, 5.41) is 6.96. The Balaban J connectivity index is 1.71. The third-order valence-corrected chi connectivity index (χ3v) is 6.03. The Morgan fingerprint density at radius 1 is 1.26 bits per heavy atom. The topological polar surface area (TPSA) is 128 Å². The molecule has 0 aliphatic carbocycles. The van der Waals surface area contributed by atoms with Gasteiger partial charge in [0.15, 0.2) is 5.03 Å². The van der Waals surface area contributed by atoms with Crippen LogP contribution in [-0.4, -0.2) is 49.6 Å². The van der Waals surface area contributed by atoms with Gasteiger partial charge >= 0.3 is 6.18 Å². The average molecular weight is 457 g/mol. The van der Waals surface area contributed by atoms with Crippen molar-refractivity contribution in [2.24, 2.45) is 5.14 Å². The monoisotopic (exact) mass is 457 g/mol. The zero-order valence-corrected chi connectivity index (χ0v) is 16.8. The van der Waals surface area contributed by atoms with Crippen molar-refractivity contribution in [3.05, 3.63) is 41.7 Å². The standard InChI is InChI=1S/C18H18F3N5O4S/c19-18(20,21)10-7-12(16(24-9-10)26-5-2-14-13(26)3-6-30-14)17(27)25-11-1-4-23-15(8-11)31(22,28)29/h1,4,7-9,13-14H,2-3,5-6H2,(H2,22,28,29)(H,23,25,27). The summed E-state index contributed by atoms with van der Waals surface area (Å²) < 4.78 is 68.4. The first kappa shape index (κ1) is 21.5. The van der Waals surface area contributed by atoms with E-state index in [0.717, 1.165) is 18.3 Å². The van der Waals surface area contributed by atoms with Crippen LogP contribution in [0.5, 0.6) is 0 Å². The Hall–Kier alpha value is -2.77. The predicted molar refractivity (Wildman–Crippen MR) is 103 cm³/mol. The van der Waals surface area contributed by atoms with Crippen LogP contribution < -0.4 is 15.4 Å². The van der Waals surface area contributed by atoms with Gasteiger partial charge in [0.25, 0.3) is 15.9 Å². The van der Waals surface area contributed by atoms with E-state index in [-0.39, 0.29) is 29.2 Å². The predicted octanol–water partition coefficient (Wildman–Crippen LogP) is 1.76. The van der Waals surface area contributed by atoms with E-state index >= 15 is 0 Å². The number of anilines is 2. The molecule has 9 nitrogen and oxygen atoms in total. The summed E-state index contributed by atoms with van der Waals surface area (Å²) in [7, 11) is -4.13. The summed E-state index contributed by atoms with van der Waals surface area (Å²) in [6.07, 6.45) is -1.59. The molecule has 0 aromatic carbocycles. The van der Waals surface area contributed by atoms with Gasteiger partial charge in [-0.3, -0.25) is 4.79 Å². The SMILES string of the molecule is NS(=O)(=O)c1cc(NC(=O)c2cc(C(F)(F)F)cnc2N2CCC3OCCC32)ccn1. The number of fused-ring (bicyclic) bond motifs is 1. The number of sulfonamides is 1. The maximum atomic E-state index is 13.3. The van der Waals surface area contributed by atoms with Crippen LogP contribution in [0.3, 0.4) is 0 Å². The lowest BCUT2D eigenvalue weighted by molar-refractivity contribution is -0.137. The number of nitrogens with two attached hydrogens (primary N) is 1. The molecule has 2 aromatic rings. The number of alkyl halides is 3. The van der Waals surface area contributed by atoms with E-state index in [0.29, 0.717) is 32.2 Å². The second-order valence-electron chi connectivity index (χ2n) is 7.22. The molecule has 0 radical (unpaired) electrons. The number of halogens is 3. The van der Waals surface area contributed by atoms with E-state index in [1.165, 1.54) is 6.07 Å². The van der Waals surface area contributed by atoms with Crippen LogP contribution in [0.15, 0.2) is 35.6 Å². The Bertz CT molecular complexity index is 1130. The molecular weight excluding hydrogens is 439 g/mol. The highest BCUT2D eigenvalue weighted by Gasteiger charge is 2.41. The molecule has 2 aromatic heterocycles. The van der Waals surface area contributed by atoms with E-state index < -0.39 is 32.7 Å². The van der Waals surface area contributed by atoms with Crippen LogP contribution in [0.25, 0.3) is 0 Å². The molecule has 3 N–H and O–H groups in total. The number of pyridine rings is 2. The second-order valence-corrected chi connectivity index (χ2v) is 8.73. The van der Waals surface area contributed by atoms with Crippen LogP contribution in [0.1, 0.15) is 28.8 Å². The van der Waals surface area contributed by atoms with Gasteiger partial charge in [-0.05, 0) is 25.0 Å². The van der Waals surface area contributed by atoms with Gasteiger partial charge in [-0.25, -0.2) is 23.5 Å². The van der Waals surface area contributed by atoms with Crippen LogP contribution >= 0.6 is 0 Å². The average Bonchev–Trinajstić information content (AvgIpc) is 3.30. The number of carbonyl (C=O) groups is 1. The Morgan fingerprint density at radius 2 is 2.03 bits per heavy atom. The van der Waals surface area contributed by atoms with E-state index in [9.17, 15) is 26.4 Å². The number of aromatic nitrogens is 2. The third-order valence-electron chi connectivity index (χ3n) is 5.22. The van der Waals surface area contributed by atoms with E-state index in [2.05, 4.69) is 15.3 Å². The van der Waals surface area contributed by atoms with Crippen molar-refractivity contribution in [3.8, 4) is 0 Å². The second kappa shape index (κ2) is 7.73. The van der Waals surface area contributed by atoms with E-state index in [1.54, 1.807) is 4.90 Å². The molecule has 13 heteroatoms. The Kier molecular flexibility index (Phi) is 5.35. The van der Waals surface area contributed by atoms with Gasteiger partial charge in [0, 0.05) is 37.3 Å². The van der Waals surface area contributed by atoms with Crippen molar-refractivity contribution in [2.75, 3.05) is 23.4 Å². The van der Waals surface area contributed by atoms with Crippen molar-refractivity contribution in [1.82, 2.24) is 9.97 Å². The van der Waals surface area contributed by atoms with Gasteiger partial charge in [0.1, 0.15) is 5.82 Å². The molecule has 166 valence electrons. The largest absolute Gasteiger partial charge is 0.417 e. The minimum Gasteiger partial charge on any atom is -0.376 e. The van der Waals surface area contributed by atoms with Crippen molar-refractivity contribution >= 4 is 27.4 Å². The lowest BCUT2D eigenvalue weighted by Gasteiger charge is -2.26. The van der Waals surface area contributed by atoms with E-state index in [1.807, 2.05) is 0 Å². The van der Waals surface area contributed by atoms with Gasteiger partial charge in [-0.2, -0.15) is 13.2 Å². The first-order valence-corrected chi connectivity index (χ1v) is 10.8. The zero-order valence-electron chi connectivity index (χ0n) is 16.0. The molecule has 0 bridgehead atoms. The van der Waals surface area contributed by atoms with Crippen LogP contribution in [-0.2, 0) is 20.9 Å². The van der Waals surface area contributed by atoms with Crippen LogP contribution in [0.4, 0.5) is 24.7 Å². The molecule has 1 amide bonds. The van der Waals surface area contributed by atoms with Crippen LogP contribution in [0, 0.1) is 0 Å². The first-order valence-electron chi connectivity index (χ1n) is 9.30. The number of ether oxygens (including phenoxy) is 1. The Labute approximate surface area is 175 Å². The molecule has 2 aliphatic heterocycles. The van der Waals surface area contributed by atoms with Gasteiger partial charge in [-0.15, -0.1) is 0 Å². The highest BCUT2D eigenvalue weighted by atomic mass is 32.2. The summed E-state index contributed by atoms with van der Waals surface area (Å²) in [5.41, 5.74) is -1.34. The van der Waals surface area contributed by atoms with Crippen molar-refractivity contribution in [1.29, 1.82) is 0 Å². The molecule has 4 heterocycles. The number of nitrogens with zero attached hydrogens (tertiary/aromatic N) is 3. The minimum atomic E-state index is -4.69. The molecule has 2 aliphatic rings. The molecule has 31 heavy (non-hydrogen) atoms. The number of nitrogens with one attached hydrogen (secondary N) is 1. The molecule has 4 rings (SSSR count). The van der Waals surface area contributed by atoms with Gasteiger partial charge in [-0.1, -0.05) is 0 Å². The number of amides is 1. The smallest absolute Gasteiger partial charge is 0.376 e. The van der Waals surface area contributed by atoms with Gasteiger partial charge < -0.3 is 15.0 Å². The normalized spacial score (nSPS) is 21.2. The van der Waals surface area contributed by atoms with Crippen molar-refractivity contribution < 1.29 is 31.1 Å². The highest BCUT2D eigenvalue weighted by molar-refractivity contribution is 7.89. The summed E-state index contributed by atoms with van der Waals surface area (Å²) >= 11 is 0. The minimum absolute atomic E-state index is 0.0101. The molecule has 2 atom stereocenters. The van der Waals surface area contributed by atoms with Gasteiger partial charge in [0.2, 0.25) is 0 Å². The first-order chi connectivity index (χ1) is 14.5. The summed E-state index contributed by atoms with van der Waals surface area (Å²) in [5.74, 6) is -0.758. The van der Waals surface area contributed by atoms with Crippen LogP contribution in [0.2, 0.25) is 0 Å². The fourth-order valence-electron chi connectivity index (χ4n) is 3.81. The number of rotatable bonds is 4. The number of hydrogen-bond acceptors (Lipinski definition) is 7.